The number of hydrogen-bond acceptors (Lipinski definition) is 3. The SMILES string of the molecule is N=C(/C=C(\N)C1C=C(c2cc3c4ccccc4c4ccccc4c3c3sc4ccccc4c23)C=C(c2ccccc2)C1)c1ccccc1. The summed E-state index contributed by atoms with van der Waals surface area (Å²) in [4.78, 5) is 0. The van der Waals surface area contributed by atoms with Crippen molar-refractivity contribution in [3.05, 3.63) is 180 Å². The van der Waals surface area contributed by atoms with Crippen LogP contribution in [0.15, 0.2) is 163 Å². The van der Waals surface area contributed by atoms with Gasteiger partial charge in [-0.3, -0.25) is 0 Å². The molecule has 3 N–H and O–H groups in total. The van der Waals surface area contributed by atoms with Crippen molar-refractivity contribution in [1.29, 1.82) is 5.41 Å². The number of nitrogens with one attached hydrogen (secondary N) is 1. The zero-order chi connectivity index (χ0) is 32.2. The van der Waals surface area contributed by atoms with Crippen LogP contribution in [0.3, 0.4) is 0 Å². The summed E-state index contributed by atoms with van der Waals surface area (Å²) >= 11 is 1.89. The van der Waals surface area contributed by atoms with E-state index in [1.54, 1.807) is 0 Å². The summed E-state index contributed by atoms with van der Waals surface area (Å²) in [6.45, 7) is 0. The normalized spacial score (nSPS) is 15.3. The van der Waals surface area contributed by atoms with Crippen molar-refractivity contribution in [3.8, 4) is 0 Å². The van der Waals surface area contributed by atoms with Gasteiger partial charge in [0.1, 0.15) is 0 Å². The highest BCUT2D eigenvalue weighted by atomic mass is 32.1. The number of fused-ring (bicyclic) bond motifs is 10. The van der Waals surface area contributed by atoms with Gasteiger partial charge in [-0.15, -0.1) is 11.3 Å². The van der Waals surface area contributed by atoms with Crippen LogP contribution < -0.4 is 5.73 Å². The highest BCUT2D eigenvalue weighted by Gasteiger charge is 2.24. The fourth-order valence-corrected chi connectivity index (χ4v) is 8.80. The van der Waals surface area contributed by atoms with Gasteiger partial charge in [0, 0.05) is 37.2 Å². The second-order valence-corrected chi connectivity index (χ2v) is 13.7. The molecule has 0 fully saturated rings. The molecule has 9 rings (SSSR count). The molecule has 1 heterocycles. The van der Waals surface area contributed by atoms with Crippen LogP contribution in [0.25, 0.3) is 63.6 Å². The lowest BCUT2D eigenvalue weighted by molar-refractivity contribution is 0.771. The van der Waals surface area contributed by atoms with Crippen LogP contribution in [-0.4, -0.2) is 5.71 Å². The van der Waals surface area contributed by atoms with Crippen LogP contribution in [0.1, 0.15) is 23.1 Å². The first-order chi connectivity index (χ1) is 23.6. The Bertz CT molecular complexity index is 2660. The van der Waals surface area contributed by atoms with Crippen molar-refractivity contribution in [2.75, 3.05) is 0 Å². The molecule has 3 heteroatoms. The molecule has 2 nitrogen and oxygen atoms in total. The van der Waals surface area contributed by atoms with E-state index in [0.29, 0.717) is 11.4 Å². The maximum Gasteiger partial charge on any atom is 0.0629 e. The van der Waals surface area contributed by atoms with E-state index in [9.17, 15) is 0 Å². The Hall–Kier alpha value is -5.77. The molecular formula is C45H32N2S. The number of nitrogens with two attached hydrogens (primary N) is 1. The van der Waals surface area contributed by atoms with Gasteiger partial charge in [-0.25, -0.2) is 0 Å². The van der Waals surface area contributed by atoms with E-state index >= 15 is 0 Å². The largest absolute Gasteiger partial charge is 0.401 e. The third-order valence-electron chi connectivity index (χ3n) is 9.78. The number of allylic oxidation sites excluding steroid dienone is 5. The first-order valence-electron chi connectivity index (χ1n) is 16.4. The summed E-state index contributed by atoms with van der Waals surface area (Å²) in [6, 6.07) is 49.4. The first kappa shape index (κ1) is 28.5. The molecule has 0 spiro atoms. The molecule has 0 bridgehead atoms. The highest BCUT2D eigenvalue weighted by Crippen LogP contribution is 2.48. The number of hydrogen-bond donors (Lipinski definition) is 2. The van der Waals surface area contributed by atoms with E-state index in [1.165, 1.54) is 74.8 Å². The summed E-state index contributed by atoms with van der Waals surface area (Å²) in [5.74, 6) is -0.0618. The van der Waals surface area contributed by atoms with Gasteiger partial charge >= 0.3 is 0 Å². The predicted octanol–water partition coefficient (Wildman–Crippen LogP) is 11.9. The number of thiophene rings is 1. The lowest BCUT2D eigenvalue weighted by Gasteiger charge is -2.24. The summed E-state index contributed by atoms with van der Waals surface area (Å²) < 4.78 is 2.60. The third-order valence-corrected chi connectivity index (χ3v) is 11.0. The van der Waals surface area contributed by atoms with Crippen molar-refractivity contribution >= 4 is 80.7 Å². The Morgan fingerprint density at radius 1 is 0.646 bits per heavy atom. The minimum absolute atomic E-state index is 0.0618. The molecule has 8 aromatic rings. The summed E-state index contributed by atoms with van der Waals surface area (Å²) in [6.07, 6.45) is 7.33. The minimum Gasteiger partial charge on any atom is -0.401 e. The maximum absolute atomic E-state index is 8.83. The Labute approximate surface area is 283 Å². The van der Waals surface area contributed by atoms with Crippen LogP contribution in [-0.2, 0) is 0 Å². The zero-order valence-electron chi connectivity index (χ0n) is 26.3. The van der Waals surface area contributed by atoms with Crippen LogP contribution in [0, 0.1) is 11.3 Å². The van der Waals surface area contributed by atoms with Gasteiger partial charge in [0.25, 0.3) is 0 Å². The van der Waals surface area contributed by atoms with Gasteiger partial charge in [0.2, 0.25) is 0 Å². The van der Waals surface area contributed by atoms with Gasteiger partial charge in [-0.2, -0.15) is 0 Å². The summed E-state index contributed by atoms with van der Waals surface area (Å²) in [5.41, 5.74) is 13.7. The fraction of sp³-hybridized carbons (Fsp3) is 0.0444. The van der Waals surface area contributed by atoms with Crippen LogP contribution in [0.2, 0.25) is 0 Å². The van der Waals surface area contributed by atoms with E-state index in [2.05, 4.69) is 121 Å². The van der Waals surface area contributed by atoms with E-state index in [-0.39, 0.29) is 5.92 Å². The second-order valence-electron chi connectivity index (χ2n) is 12.6. The quantitative estimate of drug-likeness (QED) is 0.144. The Morgan fingerprint density at radius 3 is 1.96 bits per heavy atom. The molecule has 0 saturated carbocycles. The van der Waals surface area contributed by atoms with Crippen LogP contribution >= 0.6 is 11.3 Å². The average molecular weight is 633 g/mol. The lowest BCUT2D eigenvalue weighted by Crippen LogP contribution is -2.15. The molecule has 228 valence electrons. The Kier molecular flexibility index (Phi) is 6.81. The van der Waals surface area contributed by atoms with Crippen molar-refractivity contribution in [2.45, 2.75) is 6.42 Å². The van der Waals surface area contributed by atoms with Crippen molar-refractivity contribution < 1.29 is 0 Å². The van der Waals surface area contributed by atoms with E-state index in [1.807, 2.05) is 47.7 Å². The smallest absolute Gasteiger partial charge is 0.0629 e. The molecule has 0 amide bonds. The number of rotatable bonds is 5. The van der Waals surface area contributed by atoms with Gasteiger partial charge in [-0.1, -0.05) is 140 Å². The van der Waals surface area contributed by atoms with Gasteiger partial charge in [-0.05, 0) is 79.4 Å². The molecule has 7 aromatic carbocycles. The van der Waals surface area contributed by atoms with Crippen molar-refractivity contribution in [2.24, 2.45) is 11.7 Å². The van der Waals surface area contributed by atoms with E-state index in [0.717, 1.165) is 12.0 Å². The van der Waals surface area contributed by atoms with Crippen molar-refractivity contribution in [1.82, 2.24) is 0 Å². The van der Waals surface area contributed by atoms with Crippen LogP contribution in [0.5, 0.6) is 0 Å². The Morgan fingerprint density at radius 2 is 1.23 bits per heavy atom. The predicted molar refractivity (Wildman–Crippen MR) is 208 cm³/mol. The molecule has 1 aliphatic carbocycles. The molecule has 1 aliphatic rings. The number of benzene rings is 7. The Balaban J connectivity index is 1.35. The van der Waals surface area contributed by atoms with Crippen molar-refractivity contribution in [3.63, 3.8) is 0 Å². The monoisotopic (exact) mass is 632 g/mol. The average Bonchev–Trinajstić information content (AvgIpc) is 3.54. The molecule has 0 saturated heterocycles. The maximum atomic E-state index is 8.83. The molecule has 1 unspecified atom stereocenters. The van der Waals surface area contributed by atoms with E-state index < -0.39 is 0 Å². The van der Waals surface area contributed by atoms with Gasteiger partial charge < -0.3 is 11.1 Å². The van der Waals surface area contributed by atoms with Gasteiger partial charge in [0.15, 0.2) is 0 Å². The van der Waals surface area contributed by atoms with Crippen LogP contribution in [0.4, 0.5) is 0 Å². The summed E-state index contributed by atoms with van der Waals surface area (Å²) in [5, 5.41) is 19.1. The molecule has 0 radical (unpaired) electrons. The second kappa shape index (κ2) is 11.5. The molecular weight excluding hydrogens is 601 g/mol. The molecule has 48 heavy (non-hydrogen) atoms. The summed E-state index contributed by atoms with van der Waals surface area (Å²) in [7, 11) is 0. The molecule has 1 atom stereocenters. The zero-order valence-corrected chi connectivity index (χ0v) is 27.1. The fourth-order valence-electron chi connectivity index (χ4n) is 7.51. The standard InChI is InChI=1S/C45H32N2S/c46-40(29-15-5-2-6-16-29)27-41(47)32-24-30(28-13-3-1-4-14-28)23-31(25-32)38-26-39-35-19-8-7-17-33(35)34-18-9-10-20-36(34)43(39)45-44(38)37-21-11-12-22-42(37)48-45/h1-23,25-27,32,46H,24,47H2/b41-27-,46-40?. The highest BCUT2D eigenvalue weighted by molar-refractivity contribution is 7.27. The minimum atomic E-state index is -0.0618. The van der Waals surface area contributed by atoms with Gasteiger partial charge in [0.05, 0.1) is 5.71 Å². The van der Waals surface area contributed by atoms with E-state index in [4.69, 9.17) is 11.1 Å². The third kappa shape index (κ3) is 4.66. The molecule has 0 aliphatic heterocycles. The topological polar surface area (TPSA) is 49.9 Å². The molecule has 1 aromatic heterocycles. The lowest BCUT2D eigenvalue weighted by atomic mass is 9.81. The first-order valence-corrected chi connectivity index (χ1v) is 17.2.